The summed E-state index contributed by atoms with van der Waals surface area (Å²) in [6.07, 6.45) is 6.14. The second kappa shape index (κ2) is 4.42. The molecule has 2 atom stereocenters. The minimum Gasteiger partial charge on any atom is -0.393 e. The topological polar surface area (TPSA) is 41.3 Å². The Morgan fingerprint density at radius 3 is 3.06 bits per heavy atom. The van der Waals surface area contributed by atoms with Crippen LogP contribution in [0, 0.1) is 0 Å². The van der Waals surface area contributed by atoms with Crippen molar-refractivity contribution in [1.29, 1.82) is 0 Å². The maximum atomic E-state index is 9.66. The Balaban J connectivity index is 1.79. The summed E-state index contributed by atoms with van der Waals surface area (Å²) < 4.78 is 2.23. The average Bonchev–Trinajstić information content (AvgIpc) is 2.72. The SMILES string of the molecule is CN1CCCC(c2cn3c(n2)CC(O)CC3)C1. The van der Waals surface area contributed by atoms with E-state index in [1.165, 1.54) is 25.1 Å². The molecule has 2 unspecified atom stereocenters. The first-order valence-corrected chi connectivity index (χ1v) is 6.65. The van der Waals surface area contributed by atoms with E-state index in [2.05, 4.69) is 22.7 Å². The largest absolute Gasteiger partial charge is 0.393 e. The summed E-state index contributed by atoms with van der Waals surface area (Å²) in [4.78, 5) is 7.13. The number of piperidine rings is 1. The van der Waals surface area contributed by atoms with Crippen LogP contribution in [0.4, 0.5) is 0 Å². The zero-order valence-electron chi connectivity index (χ0n) is 10.5. The van der Waals surface area contributed by atoms with Crippen LogP contribution in [-0.2, 0) is 13.0 Å². The lowest BCUT2D eigenvalue weighted by Crippen LogP contribution is -2.30. The number of hydrogen-bond acceptors (Lipinski definition) is 3. The van der Waals surface area contributed by atoms with Crippen LogP contribution < -0.4 is 0 Å². The van der Waals surface area contributed by atoms with Gasteiger partial charge in [0.15, 0.2) is 0 Å². The van der Waals surface area contributed by atoms with Crippen molar-refractivity contribution in [3.05, 3.63) is 17.7 Å². The van der Waals surface area contributed by atoms with Crippen molar-refractivity contribution in [1.82, 2.24) is 14.5 Å². The molecule has 1 fully saturated rings. The maximum absolute atomic E-state index is 9.66. The summed E-state index contributed by atoms with van der Waals surface area (Å²) >= 11 is 0. The first kappa shape index (κ1) is 11.2. The lowest BCUT2D eigenvalue weighted by Gasteiger charge is -2.28. The Morgan fingerprint density at radius 1 is 1.35 bits per heavy atom. The van der Waals surface area contributed by atoms with Gasteiger partial charge < -0.3 is 14.6 Å². The first-order chi connectivity index (χ1) is 8.22. The molecule has 1 aromatic rings. The molecule has 2 aliphatic rings. The lowest BCUT2D eigenvalue weighted by atomic mass is 9.96. The highest BCUT2D eigenvalue weighted by atomic mass is 16.3. The van der Waals surface area contributed by atoms with Crippen LogP contribution in [0.25, 0.3) is 0 Å². The third-order valence-electron chi connectivity index (χ3n) is 4.04. The number of nitrogens with zero attached hydrogens (tertiary/aromatic N) is 3. The van der Waals surface area contributed by atoms with Crippen LogP contribution in [0.1, 0.15) is 36.7 Å². The molecule has 4 nitrogen and oxygen atoms in total. The minimum atomic E-state index is -0.188. The Morgan fingerprint density at radius 2 is 2.24 bits per heavy atom. The van der Waals surface area contributed by atoms with Crippen LogP contribution in [0.3, 0.4) is 0 Å². The van der Waals surface area contributed by atoms with Crippen LogP contribution in [0.15, 0.2) is 6.20 Å². The van der Waals surface area contributed by atoms with Gasteiger partial charge in [0.05, 0.1) is 11.8 Å². The van der Waals surface area contributed by atoms with Gasteiger partial charge in [0, 0.05) is 31.6 Å². The first-order valence-electron chi connectivity index (χ1n) is 6.65. The van der Waals surface area contributed by atoms with Gasteiger partial charge >= 0.3 is 0 Å². The van der Waals surface area contributed by atoms with Crippen LogP contribution in [-0.4, -0.2) is 45.8 Å². The Labute approximate surface area is 102 Å². The van der Waals surface area contributed by atoms with E-state index >= 15 is 0 Å². The van der Waals surface area contributed by atoms with E-state index in [0.29, 0.717) is 5.92 Å². The van der Waals surface area contributed by atoms with E-state index in [-0.39, 0.29) is 6.10 Å². The molecule has 0 bridgehead atoms. The molecular formula is C13H21N3O. The number of rotatable bonds is 1. The number of aromatic nitrogens is 2. The molecule has 0 aliphatic carbocycles. The highest BCUT2D eigenvalue weighted by molar-refractivity contribution is 5.13. The van der Waals surface area contributed by atoms with E-state index in [9.17, 15) is 5.11 Å². The van der Waals surface area contributed by atoms with Crippen molar-refractivity contribution in [3.8, 4) is 0 Å². The zero-order chi connectivity index (χ0) is 11.8. The van der Waals surface area contributed by atoms with Crippen molar-refractivity contribution >= 4 is 0 Å². The van der Waals surface area contributed by atoms with Crippen molar-refractivity contribution in [2.45, 2.75) is 44.2 Å². The Bertz CT molecular complexity index is 401. The highest BCUT2D eigenvalue weighted by Gasteiger charge is 2.24. The van der Waals surface area contributed by atoms with Crippen molar-refractivity contribution in [3.63, 3.8) is 0 Å². The van der Waals surface area contributed by atoms with E-state index in [1.807, 2.05) is 0 Å². The third kappa shape index (κ3) is 2.24. The van der Waals surface area contributed by atoms with Gasteiger partial charge in [-0.1, -0.05) is 0 Å². The molecule has 3 heterocycles. The average molecular weight is 235 g/mol. The molecule has 0 amide bonds. The number of aryl methyl sites for hydroxylation is 1. The molecule has 17 heavy (non-hydrogen) atoms. The molecule has 1 saturated heterocycles. The lowest BCUT2D eigenvalue weighted by molar-refractivity contribution is 0.141. The molecule has 94 valence electrons. The molecular weight excluding hydrogens is 214 g/mol. The van der Waals surface area contributed by atoms with Gasteiger partial charge in [-0.05, 0) is 32.9 Å². The van der Waals surface area contributed by atoms with Gasteiger partial charge in [-0.15, -0.1) is 0 Å². The smallest absolute Gasteiger partial charge is 0.111 e. The van der Waals surface area contributed by atoms with Gasteiger partial charge in [-0.25, -0.2) is 4.98 Å². The molecule has 3 rings (SSSR count). The number of likely N-dealkylation sites (tertiary alicyclic amines) is 1. The summed E-state index contributed by atoms with van der Waals surface area (Å²) in [6, 6.07) is 0. The Kier molecular flexibility index (Phi) is 2.92. The van der Waals surface area contributed by atoms with E-state index in [1.54, 1.807) is 0 Å². The molecule has 0 saturated carbocycles. The third-order valence-corrected chi connectivity index (χ3v) is 4.04. The van der Waals surface area contributed by atoms with Gasteiger partial charge in [-0.2, -0.15) is 0 Å². The van der Waals surface area contributed by atoms with E-state index < -0.39 is 0 Å². The normalized spacial score (nSPS) is 30.2. The predicted octanol–water partition coefficient (Wildman–Crippen LogP) is 0.999. The number of hydrogen-bond donors (Lipinski definition) is 1. The quantitative estimate of drug-likeness (QED) is 0.789. The predicted molar refractivity (Wildman–Crippen MR) is 66.0 cm³/mol. The van der Waals surface area contributed by atoms with Crippen LogP contribution in [0.2, 0.25) is 0 Å². The fourth-order valence-corrected chi connectivity index (χ4v) is 3.04. The molecule has 2 aliphatic heterocycles. The molecule has 1 aromatic heterocycles. The number of aliphatic hydroxyl groups excluding tert-OH is 1. The monoisotopic (exact) mass is 235 g/mol. The summed E-state index contributed by atoms with van der Waals surface area (Å²) in [5.74, 6) is 1.66. The second-order valence-electron chi connectivity index (χ2n) is 5.52. The maximum Gasteiger partial charge on any atom is 0.111 e. The second-order valence-corrected chi connectivity index (χ2v) is 5.52. The van der Waals surface area contributed by atoms with Crippen LogP contribution >= 0.6 is 0 Å². The summed E-state index contributed by atoms with van der Waals surface area (Å²) in [5, 5.41) is 9.66. The summed E-state index contributed by atoms with van der Waals surface area (Å²) in [7, 11) is 2.19. The minimum absolute atomic E-state index is 0.188. The molecule has 4 heteroatoms. The van der Waals surface area contributed by atoms with E-state index in [4.69, 9.17) is 4.98 Å². The van der Waals surface area contributed by atoms with Crippen LogP contribution in [0.5, 0.6) is 0 Å². The standard InChI is InChI=1S/C13H21N3O/c1-15-5-2-3-10(8-15)12-9-16-6-4-11(17)7-13(16)14-12/h9-11,17H,2-8H2,1H3. The van der Waals surface area contributed by atoms with Gasteiger partial charge in [0.1, 0.15) is 5.82 Å². The molecule has 0 radical (unpaired) electrons. The fourth-order valence-electron chi connectivity index (χ4n) is 3.04. The molecule has 1 N–H and O–H groups in total. The van der Waals surface area contributed by atoms with E-state index in [0.717, 1.165) is 31.8 Å². The fraction of sp³-hybridized carbons (Fsp3) is 0.769. The number of likely N-dealkylation sites (N-methyl/N-ethyl adjacent to an activating group) is 1. The van der Waals surface area contributed by atoms with Gasteiger partial charge in [-0.3, -0.25) is 0 Å². The van der Waals surface area contributed by atoms with Gasteiger partial charge in [0.25, 0.3) is 0 Å². The van der Waals surface area contributed by atoms with Crippen molar-refractivity contribution < 1.29 is 5.11 Å². The summed E-state index contributed by atoms with van der Waals surface area (Å²) in [5.41, 5.74) is 1.24. The zero-order valence-corrected chi connectivity index (χ0v) is 10.5. The number of fused-ring (bicyclic) bond motifs is 1. The van der Waals surface area contributed by atoms with Crippen molar-refractivity contribution in [2.24, 2.45) is 0 Å². The number of aliphatic hydroxyl groups is 1. The van der Waals surface area contributed by atoms with Gasteiger partial charge in [0.2, 0.25) is 0 Å². The number of imidazole rings is 1. The van der Waals surface area contributed by atoms with Crippen molar-refractivity contribution in [2.75, 3.05) is 20.1 Å². The Hall–Kier alpha value is -0.870. The molecule has 0 spiro atoms. The summed E-state index contributed by atoms with van der Waals surface area (Å²) in [6.45, 7) is 3.26. The highest BCUT2D eigenvalue weighted by Crippen LogP contribution is 2.27. The molecule has 0 aromatic carbocycles.